The van der Waals surface area contributed by atoms with Gasteiger partial charge in [-0.25, -0.2) is 4.39 Å². The fourth-order valence-electron chi connectivity index (χ4n) is 2.06. The number of hydrogen-bond donors (Lipinski definition) is 2. The van der Waals surface area contributed by atoms with Crippen molar-refractivity contribution < 1.29 is 9.13 Å². The minimum Gasteiger partial charge on any atom is -0.494 e. The normalized spacial score (nSPS) is 10.2. The summed E-state index contributed by atoms with van der Waals surface area (Å²) < 4.78 is 18.6. The van der Waals surface area contributed by atoms with Crippen molar-refractivity contribution in [1.82, 2.24) is 15.2 Å². The molecular formula is C17H16FN5O. The van der Waals surface area contributed by atoms with Crippen LogP contribution in [0.15, 0.2) is 54.7 Å². The number of rotatable bonds is 6. The van der Waals surface area contributed by atoms with Gasteiger partial charge in [-0.2, -0.15) is 10.1 Å². The Kier molecular flexibility index (Phi) is 4.81. The molecule has 3 aromatic rings. The first-order chi connectivity index (χ1) is 11.7. The lowest BCUT2D eigenvalue weighted by Gasteiger charge is -2.08. The molecule has 0 saturated carbocycles. The molecule has 0 spiro atoms. The van der Waals surface area contributed by atoms with Gasteiger partial charge in [0.05, 0.1) is 12.8 Å². The zero-order valence-corrected chi connectivity index (χ0v) is 13.0. The van der Waals surface area contributed by atoms with Crippen molar-refractivity contribution in [2.75, 3.05) is 17.2 Å². The van der Waals surface area contributed by atoms with Crippen molar-refractivity contribution >= 4 is 23.1 Å². The zero-order chi connectivity index (χ0) is 16.8. The summed E-state index contributed by atoms with van der Waals surface area (Å²) in [4.78, 5) is 4.30. The maximum atomic E-state index is 13.2. The summed E-state index contributed by atoms with van der Waals surface area (Å²) in [6.07, 6.45) is 1.47. The van der Waals surface area contributed by atoms with Crippen LogP contribution < -0.4 is 15.4 Å². The second kappa shape index (κ2) is 7.36. The molecule has 24 heavy (non-hydrogen) atoms. The Bertz CT molecular complexity index is 810. The highest BCUT2D eigenvalue weighted by atomic mass is 19.1. The summed E-state index contributed by atoms with van der Waals surface area (Å²) in [5.74, 6) is 1.27. The molecule has 1 heterocycles. The minimum absolute atomic E-state index is 0.324. The third-order valence-corrected chi connectivity index (χ3v) is 3.08. The average Bonchev–Trinajstić information content (AvgIpc) is 2.57. The summed E-state index contributed by atoms with van der Waals surface area (Å²) in [7, 11) is 0. The van der Waals surface area contributed by atoms with Gasteiger partial charge in [0.2, 0.25) is 5.95 Å². The van der Waals surface area contributed by atoms with Gasteiger partial charge in [0.25, 0.3) is 0 Å². The quantitative estimate of drug-likeness (QED) is 0.716. The Balaban J connectivity index is 1.70. The Labute approximate surface area is 138 Å². The van der Waals surface area contributed by atoms with Crippen molar-refractivity contribution in [2.45, 2.75) is 6.92 Å². The Hall–Kier alpha value is -3.22. The molecule has 0 unspecified atom stereocenters. The Morgan fingerprint density at radius 3 is 2.62 bits per heavy atom. The first-order valence-electron chi connectivity index (χ1n) is 7.45. The number of anilines is 4. The number of ether oxygens (including phenoxy) is 1. The van der Waals surface area contributed by atoms with Crippen LogP contribution >= 0.6 is 0 Å². The van der Waals surface area contributed by atoms with Crippen LogP contribution in [0.1, 0.15) is 6.92 Å². The SMILES string of the molecule is CCOc1ccc(Nc2nncc(Nc3cccc(F)c3)n2)cc1. The topological polar surface area (TPSA) is 72.0 Å². The number of benzene rings is 2. The number of hydrogen-bond acceptors (Lipinski definition) is 6. The van der Waals surface area contributed by atoms with E-state index in [0.29, 0.717) is 24.1 Å². The molecule has 0 amide bonds. The second-order valence-electron chi connectivity index (χ2n) is 4.88. The van der Waals surface area contributed by atoms with Gasteiger partial charge in [0.1, 0.15) is 11.6 Å². The summed E-state index contributed by atoms with van der Waals surface area (Å²) >= 11 is 0. The van der Waals surface area contributed by atoms with E-state index in [1.54, 1.807) is 12.1 Å². The van der Waals surface area contributed by atoms with E-state index in [1.165, 1.54) is 18.3 Å². The van der Waals surface area contributed by atoms with Crippen molar-refractivity contribution in [1.29, 1.82) is 0 Å². The second-order valence-corrected chi connectivity index (χ2v) is 4.88. The molecular weight excluding hydrogens is 309 g/mol. The molecule has 0 bridgehead atoms. The van der Waals surface area contributed by atoms with Gasteiger partial charge in [-0.15, -0.1) is 5.10 Å². The van der Waals surface area contributed by atoms with E-state index in [9.17, 15) is 4.39 Å². The maximum absolute atomic E-state index is 13.2. The van der Waals surface area contributed by atoms with E-state index < -0.39 is 0 Å². The van der Waals surface area contributed by atoms with Crippen molar-refractivity contribution in [3.05, 3.63) is 60.5 Å². The van der Waals surface area contributed by atoms with E-state index in [1.807, 2.05) is 31.2 Å². The van der Waals surface area contributed by atoms with Crippen LogP contribution in [-0.2, 0) is 0 Å². The largest absolute Gasteiger partial charge is 0.494 e. The number of halogens is 1. The number of nitrogens with one attached hydrogen (secondary N) is 2. The lowest BCUT2D eigenvalue weighted by atomic mass is 10.3. The molecule has 122 valence electrons. The van der Waals surface area contributed by atoms with E-state index in [2.05, 4.69) is 25.8 Å². The van der Waals surface area contributed by atoms with Crippen LogP contribution in [0.3, 0.4) is 0 Å². The first-order valence-corrected chi connectivity index (χ1v) is 7.45. The van der Waals surface area contributed by atoms with E-state index in [4.69, 9.17) is 4.74 Å². The highest BCUT2D eigenvalue weighted by Crippen LogP contribution is 2.19. The molecule has 0 atom stereocenters. The lowest BCUT2D eigenvalue weighted by Crippen LogP contribution is -2.02. The smallest absolute Gasteiger partial charge is 0.249 e. The van der Waals surface area contributed by atoms with Crippen molar-refractivity contribution in [2.24, 2.45) is 0 Å². The van der Waals surface area contributed by atoms with Gasteiger partial charge < -0.3 is 15.4 Å². The highest BCUT2D eigenvalue weighted by Gasteiger charge is 2.03. The Morgan fingerprint density at radius 1 is 1.04 bits per heavy atom. The van der Waals surface area contributed by atoms with Gasteiger partial charge in [0.15, 0.2) is 5.82 Å². The third kappa shape index (κ3) is 4.16. The van der Waals surface area contributed by atoms with Gasteiger partial charge in [-0.05, 0) is 49.4 Å². The molecule has 6 nitrogen and oxygen atoms in total. The van der Waals surface area contributed by atoms with E-state index in [-0.39, 0.29) is 5.82 Å². The van der Waals surface area contributed by atoms with Gasteiger partial charge in [0, 0.05) is 11.4 Å². The molecule has 0 aliphatic rings. The lowest BCUT2D eigenvalue weighted by molar-refractivity contribution is 0.340. The standard InChI is InChI=1S/C17H16FN5O/c1-2-24-15-8-6-13(7-9-15)21-17-22-16(11-19-23-17)20-14-5-3-4-12(18)10-14/h3-11H,2H2,1H3,(H2,20,21,22,23). The van der Waals surface area contributed by atoms with Gasteiger partial charge >= 0.3 is 0 Å². The summed E-state index contributed by atoms with van der Waals surface area (Å²) in [6, 6.07) is 13.5. The van der Waals surface area contributed by atoms with Gasteiger partial charge in [-0.3, -0.25) is 0 Å². The van der Waals surface area contributed by atoms with Crippen LogP contribution in [0.25, 0.3) is 0 Å². The summed E-state index contributed by atoms with van der Waals surface area (Å²) in [6.45, 7) is 2.55. The predicted octanol–water partition coefficient (Wildman–Crippen LogP) is 3.90. The van der Waals surface area contributed by atoms with Crippen LogP contribution in [0.2, 0.25) is 0 Å². The van der Waals surface area contributed by atoms with E-state index >= 15 is 0 Å². The molecule has 0 aliphatic carbocycles. The summed E-state index contributed by atoms with van der Waals surface area (Å²) in [5.41, 5.74) is 1.39. The third-order valence-electron chi connectivity index (χ3n) is 3.08. The number of nitrogens with zero attached hydrogens (tertiary/aromatic N) is 3. The van der Waals surface area contributed by atoms with Crippen LogP contribution in [0, 0.1) is 5.82 Å². The van der Waals surface area contributed by atoms with Crippen molar-refractivity contribution in [3.8, 4) is 5.75 Å². The summed E-state index contributed by atoms with van der Waals surface area (Å²) in [5, 5.41) is 13.9. The molecule has 2 N–H and O–H groups in total. The molecule has 7 heteroatoms. The van der Waals surface area contributed by atoms with E-state index in [0.717, 1.165) is 11.4 Å². The monoisotopic (exact) mass is 325 g/mol. The number of aromatic nitrogens is 3. The molecule has 1 aromatic heterocycles. The predicted molar refractivity (Wildman–Crippen MR) is 90.4 cm³/mol. The van der Waals surface area contributed by atoms with Crippen LogP contribution in [0.5, 0.6) is 5.75 Å². The maximum Gasteiger partial charge on any atom is 0.249 e. The fraction of sp³-hybridized carbons (Fsp3) is 0.118. The molecule has 2 aromatic carbocycles. The molecule has 3 rings (SSSR count). The van der Waals surface area contributed by atoms with Gasteiger partial charge in [-0.1, -0.05) is 6.07 Å². The molecule has 0 radical (unpaired) electrons. The highest BCUT2D eigenvalue weighted by molar-refractivity contribution is 5.59. The van der Waals surface area contributed by atoms with Crippen LogP contribution in [-0.4, -0.2) is 21.8 Å². The molecule has 0 aliphatic heterocycles. The minimum atomic E-state index is -0.324. The Morgan fingerprint density at radius 2 is 1.88 bits per heavy atom. The first kappa shape index (κ1) is 15.7. The average molecular weight is 325 g/mol. The fourth-order valence-corrected chi connectivity index (χ4v) is 2.06. The zero-order valence-electron chi connectivity index (χ0n) is 13.0. The molecule has 0 fully saturated rings. The van der Waals surface area contributed by atoms with Crippen molar-refractivity contribution in [3.63, 3.8) is 0 Å². The van der Waals surface area contributed by atoms with Crippen LogP contribution in [0.4, 0.5) is 27.5 Å². The molecule has 0 saturated heterocycles.